The van der Waals surface area contributed by atoms with Gasteiger partial charge >= 0.3 is 0 Å². The van der Waals surface area contributed by atoms with Gasteiger partial charge in [-0.15, -0.1) is 0 Å². The highest BCUT2D eigenvalue weighted by atomic mass is 35.5. The van der Waals surface area contributed by atoms with E-state index >= 15 is 0 Å². The van der Waals surface area contributed by atoms with E-state index in [1.165, 1.54) is 11.1 Å². The van der Waals surface area contributed by atoms with E-state index < -0.39 is 0 Å². The standard InChI is InChI=1S/C21H23ClN2O/c1-14(2)15-5-7-16(8-6-15)20-23-13-3-4-19(23)21(25)24(20)18-11-9-17(22)10-12-18/h5-12,14,19-20H,3-4,13H2,1-2H3/t19-,20+/m0/s1. The lowest BCUT2D eigenvalue weighted by Gasteiger charge is -2.30. The number of halogens is 1. The van der Waals surface area contributed by atoms with Crippen molar-refractivity contribution in [2.24, 2.45) is 0 Å². The molecule has 2 aliphatic heterocycles. The molecule has 2 aromatic carbocycles. The molecule has 0 unspecified atom stereocenters. The lowest BCUT2D eigenvalue weighted by Crippen LogP contribution is -2.32. The minimum absolute atomic E-state index is 0.00505. The summed E-state index contributed by atoms with van der Waals surface area (Å²) in [5, 5.41) is 0.689. The molecule has 4 rings (SSSR count). The van der Waals surface area contributed by atoms with Gasteiger partial charge in [0.15, 0.2) is 0 Å². The molecular weight excluding hydrogens is 332 g/mol. The molecule has 0 aliphatic carbocycles. The van der Waals surface area contributed by atoms with Crippen LogP contribution in [0.15, 0.2) is 48.5 Å². The molecule has 25 heavy (non-hydrogen) atoms. The van der Waals surface area contributed by atoms with Crippen LogP contribution >= 0.6 is 11.6 Å². The van der Waals surface area contributed by atoms with Crippen LogP contribution < -0.4 is 4.90 Å². The highest BCUT2D eigenvalue weighted by Gasteiger charge is 2.49. The van der Waals surface area contributed by atoms with Crippen molar-refractivity contribution in [3.8, 4) is 0 Å². The summed E-state index contributed by atoms with van der Waals surface area (Å²) in [4.78, 5) is 17.4. The molecule has 0 saturated carbocycles. The third-order valence-corrected chi connectivity index (χ3v) is 5.63. The summed E-state index contributed by atoms with van der Waals surface area (Å²) in [7, 11) is 0. The molecule has 2 aromatic rings. The fourth-order valence-electron chi connectivity index (χ4n) is 4.04. The molecule has 2 aliphatic rings. The lowest BCUT2D eigenvalue weighted by atomic mass is 10.0. The number of anilines is 1. The fraction of sp³-hybridized carbons (Fsp3) is 0.381. The van der Waals surface area contributed by atoms with Crippen molar-refractivity contribution in [3.05, 3.63) is 64.7 Å². The number of hydrogen-bond acceptors (Lipinski definition) is 2. The van der Waals surface area contributed by atoms with E-state index in [1.807, 2.05) is 29.2 Å². The van der Waals surface area contributed by atoms with Gasteiger partial charge in [-0.2, -0.15) is 0 Å². The number of fused-ring (bicyclic) bond motifs is 1. The van der Waals surface area contributed by atoms with E-state index in [0.717, 1.165) is 25.1 Å². The van der Waals surface area contributed by atoms with Crippen LogP contribution in [0.5, 0.6) is 0 Å². The zero-order valence-corrected chi connectivity index (χ0v) is 15.4. The molecule has 130 valence electrons. The van der Waals surface area contributed by atoms with Gasteiger partial charge in [0.05, 0.1) is 6.04 Å². The zero-order chi connectivity index (χ0) is 17.6. The third-order valence-electron chi connectivity index (χ3n) is 5.38. The van der Waals surface area contributed by atoms with Crippen LogP contribution in [0, 0.1) is 0 Å². The Bertz CT molecular complexity index is 769. The van der Waals surface area contributed by atoms with Crippen molar-refractivity contribution >= 4 is 23.2 Å². The van der Waals surface area contributed by atoms with Crippen LogP contribution in [-0.4, -0.2) is 23.4 Å². The molecule has 0 bridgehead atoms. The minimum atomic E-state index is -0.0256. The van der Waals surface area contributed by atoms with E-state index in [4.69, 9.17) is 11.6 Å². The number of hydrogen-bond donors (Lipinski definition) is 0. The van der Waals surface area contributed by atoms with E-state index in [1.54, 1.807) is 0 Å². The quantitative estimate of drug-likeness (QED) is 0.776. The average Bonchev–Trinajstić information content (AvgIpc) is 3.18. The summed E-state index contributed by atoms with van der Waals surface area (Å²) in [5.41, 5.74) is 3.42. The largest absolute Gasteiger partial charge is 0.291 e. The maximum atomic E-state index is 13.1. The predicted molar refractivity (Wildman–Crippen MR) is 102 cm³/mol. The Labute approximate surface area is 154 Å². The van der Waals surface area contributed by atoms with Crippen LogP contribution in [0.4, 0.5) is 5.69 Å². The molecule has 0 N–H and O–H groups in total. The Hall–Kier alpha value is -1.84. The molecule has 4 heteroatoms. The molecular formula is C21H23ClN2O. The maximum Gasteiger partial charge on any atom is 0.246 e. The summed E-state index contributed by atoms with van der Waals surface area (Å²) in [6, 6.07) is 16.3. The number of nitrogens with zero attached hydrogens (tertiary/aromatic N) is 2. The summed E-state index contributed by atoms with van der Waals surface area (Å²) < 4.78 is 0. The first kappa shape index (κ1) is 16.6. The molecule has 2 heterocycles. The molecule has 0 aromatic heterocycles. The molecule has 2 fully saturated rings. The highest BCUT2D eigenvalue weighted by molar-refractivity contribution is 6.30. The van der Waals surface area contributed by atoms with Crippen molar-refractivity contribution in [2.75, 3.05) is 11.4 Å². The number of amides is 1. The van der Waals surface area contributed by atoms with Crippen LogP contribution in [0.2, 0.25) is 5.02 Å². The van der Waals surface area contributed by atoms with Crippen LogP contribution in [-0.2, 0) is 4.79 Å². The topological polar surface area (TPSA) is 23.6 Å². The van der Waals surface area contributed by atoms with Crippen molar-refractivity contribution < 1.29 is 4.79 Å². The van der Waals surface area contributed by atoms with Gasteiger partial charge in [-0.05, 0) is 54.2 Å². The summed E-state index contributed by atoms with van der Waals surface area (Å²) in [6.45, 7) is 5.37. The average molecular weight is 355 g/mol. The van der Waals surface area contributed by atoms with E-state index in [2.05, 4.69) is 43.0 Å². The van der Waals surface area contributed by atoms with Crippen LogP contribution in [0.1, 0.15) is 49.9 Å². The SMILES string of the molecule is CC(C)c1ccc([C@H]2N(c3ccc(Cl)cc3)C(=O)[C@@H]3CCCN32)cc1. The number of benzene rings is 2. The van der Waals surface area contributed by atoms with E-state index in [9.17, 15) is 4.79 Å². The number of rotatable bonds is 3. The van der Waals surface area contributed by atoms with Crippen LogP contribution in [0.25, 0.3) is 0 Å². The van der Waals surface area contributed by atoms with Gasteiger partial charge in [-0.1, -0.05) is 49.7 Å². The summed E-state index contributed by atoms with van der Waals surface area (Å²) in [5.74, 6) is 0.712. The molecule has 3 nitrogen and oxygen atoms in total. The molecule has 1 amide bonds. The zero-order valence-electron chi connectivity index (χ0n) is 14.7. The Balaban J connectivity index is 1.75. The molecule has 2 saturated heterocycles. The van der Waals surface area contributed by atoms with Gasteiger partial charge in [0.2, 0.25) is 5.91 Å². The summed E-state index contributed by atoms with van der Waals surface area (Å²) in [6.07, 6.45) is 2.01. The van der Waals surface area contributed by atoms with Gasteiger partial charge in [0.25, 0.3) is 0 Å². The van der Waals surface area contributed by atoms with Gasteiger partial charge in [-0.25, -0.2) is 0 Å². The Kier molecular flexibility index (Phi) is 4.30. The minimum Gasteiger partial charge on any atom is -0.291 e. The van der Waals surface area contributed by atoms with Gasteiger partial charge in [-0.3, -0.25) is 14.6 Å². The number of carbonyl (C=O) groups excluding carboxylic acids is 1. The fourth-order valence-corrected chi connectivity index (χ4v) is 4.17. The van der Waals surface area contributed by atoms with E-state index in [-0.39, 0.29) is 18.1 Å². The monoisotopic (exact) mass is 354 g/mol. The third kappa shape index (κ3) is 2.86. The Morgan fingerprint density at radius 1 is 1.04 bits per heavy atom. The normalized spacial score (nSPS) is 23.5. The Morgan fingerprint density at radius 3 is 2.36 bits per heavy atom. The smallest absolute Gasteiger partial charge is 0.246 e. The van der Waals surface area contributed by atoms with Gasteiger partial charge in [0, 0.05) is 17.3 Å². The maximum absolute atomic E-state index is 13.1. The second-order valence-corrected chi connectivity index (χ2v) is 7.71. The predicted octanol–water partition coefficient (Wildman–Crippen LogP) is 4.97. The van der Waals surface area contributed by atoms with Gasteiger partial charge < -0.3 is 0 Å². The highest BCUT2D eigenvalue weighted by Crippen LogP contribution is 2.42. The first-order valence-corrected chi connectivity index (χ1v) is 9.38. The van der Waals surface area contributed by atoms with E-state index in [0.29, 0.717) is 10.9 Å². The molecule has 2 atom stereocenters. The van der Waals surface area contributed by atoms with Crippen molar-refractivity contribution in [1.82, 2.24) is 4.90 Å². The number of carbonyl (C=O) groups is 1. The molecule has 0 radical (unpaired) electrons. The molecule has 0 spiro atoms. The summed E-state index contributed by atoms with van der Waals surface area (Å²) >= 11 is 6.04. The first-order valence-electron chi connectivity index (χ1n) is 9.00. The second kappa shape index (κ2) is 6.47. The Morgan fingerprint density at radius 2 is 1.72 bits per heavy atom. The van der Waals surface area contributed by atoms with Crippen LogP contribution in [0.3, 0.4) is 0 Å². The lowest BCUT2D eigenvalue weighted by molar-refractivity contribution is -0.119. The second-order valence-electron chi connectivity index (χ2n) is 7.28. The van der Waals surface area contributed by atoms with Gasteiger partial charge in [0.1, 0.15) is 6.17 Å². The van der Waals surface area contributed by atoms with Crippen molar-refractivity contribution in [3.63, 3.8) is 0 Å². The first-order chi connectivity index (χ1) is 12.1. The van der Waals surface area contributed by atoms with Crippen molar-refractivity contribution in [1.29, 1.82) is 0 Å². The van der Waals surface area contributed by atoms with Crippen molar-refractivity contribution in [2.45, 2.75) is 44.8 Å².